The van der Waals surface area contributed by atoms with E-state index in [0.29, 0.717) is 23.9 Å². The number of pyridine rings is 2. The number of carbonyl (C=O) groups is 1. The maximum absolute atomic E-state index is 10.5. The third-order valence-corrected chi connectivity index (χ3v) is 3.71. The topological polar surface area (TPSA) is 61.3 Å². The number of hydrogen-bond donors (Lipinski definition) is 0. The highest BCUT2D eigenvalue weighted by molar-refractivity contribution is 5.73. The second kappa shape index (κ2) is 8.06. The molecule has 0 aliphatic heterocycles. The fraction of sp³-hybridized carbons (Fsp3) is 0.150. The normalized spacial score (nSPS) is 10.3. The molecule has 0 unspecified atom stereocenters. The van der Waals surface area contributed by atoms with Gasteiger partial charge in [-0.25, -0.2) is 9.97 Å². The molecule has 1 aromatic carbocycles. The maximum atomic E-state index is 10.5. The average Bonchev–Trinajstić information content (AvgIpc) is 2.68. The number of aldehydes is 1. The molecule has 25 heavy (non-hydrogen) atoms. The molecule has 0 spiro atoms. The first-order valence-corrected chi connectivity index (χ1v) is 7.96. The van der Waals surface area contributed by atoms with E-state index in [4.69, 9.17) is 9.47 Å². The fourth-order valence-corrected chi connectivity index (χ4v) is 2.50. The van der Waals surface area contributed by atoms with E-state index in [2.05, 4.69) is 9.97 Å². The Morgan fingerprint density at radius 1 is 0.920 bits per heavy atom. The zero-order valence-corrected chi connectivity index (χ0v) is 13.9. The van der Waals surface area contributed by atoms with Crippen LogP contribution in [-0.2, 0) is 11.2 Å². The summed E-state index contributed by atoms with van der Waals surface area (Å²) in [4.78, 5) is 19.0. The lowest BCUT2D eigenvalue weighted by Gasteiger charge is -2.12. The molecule has 2 aromatic heterocycles. The highest BCUT2D eigenvalue weighted by Crippen LogP contribution is 2.35. The molecule has 0 atom stereocenters. The van der Waals surface area contributed by atoms with Crippen LogP contribution >= 0.6 is 0 Å². The average molecular weight is 334 g/mol. The first-order valence-electron chi connectivity index (χ1n) is 7.96. The van der Waals surface area contributed by atoms with Gasteiger partial charge in [-0.2, -0.15) is 0 Å². The van der Waals surface area contributed by atoms with Gasteiger partial charge in [0.2, 0.25) is 11.8 Å². The van der Waals surface area contributed by atoms with E-state index >= 15 is 0 Å². The largest absolute Gasteiger partial charge is 0.481 e. The van der Waals surface area contributed by atoms with Crippen LogP contribution in [0.2, 0.25) is 0 Å². The summed E-state index contributed by atoms with van der Waals surface area (Å²) in [5.74, 6) is 1.68. The Bertz CT molecular complexity index is 848. The van der Waals surface area contributed by atoms with Crippen molar-refractivity contribution in [2.24, 2.45) is 0 Å². The molecule has 0 aliphatic carbocycles. The minimum Gasteiger partial charge on any atom is -0.481 e. The Labute approximate surface area is 146 Å². The lowest BCUT2D eigenvalue weighted by atomic mass is 10.1. The molecule has 3 aromatic rings. The monoisotopic (exact) mass is 334 g/mol. The number of ether oxygens (including phenoxy) is 2. The Kier molecular flexibility index (Phi) is 5.36. The number of aryl methyl sites for hydroxylation is 1. The molecule has 0 amide bonds. The molecule has 0 fully saturated rings. The highest BCUT2D eigenvalue weighted by Gasteiger charge is 2.13. The van der Waals surface area contributed by atoms with Crippen LogP contribution < -0.4 is 9.47 Å². The maximum Gasteiger partial charge on any atom is 0.227 e. The zero-order valence-electron chi connectivity index (χ0n) is 13.9. The third kappa shape index (κ3) is 4.01. The van der Waals surface area contributed by atoms with Crippen molar-refractivity contribution in [3.05, 3.63) is 66.5 Å². The van der Waals surface area contributed by atoms with Crippen molar-refractivity contribution in [2.45, 2.75) is 12.8 Å². The SMILES string of the molecule is COc1ncccc1-c1cccnc1Oc1ccc(CCC=O)cc1. The molecule has 0 N–H and O–H groups in total. The van der Waals surface area contributed by atoms with Crippen molar-refractivity contribution < 1.29 is 14.3 Å². The summed E-state index contributed by atoms with van der Waals surface area (Å²) in [5, 5.41) is 0. The Morgan fingerprint density at radius 3 is 2.20 bits per heavy atom. The molecule has 0 radical (unpaired) electrons. The first-order chi connectivity index (χ1) is 12.3. The van der Waals surface area contributed by atoms with Crippen LogP contribution in [0, 0.1) is 0 Å². The van der Waals surface area contributed by atoms with Crippen LogP contribution in [0.5, 0.6) is 17.5 Å². The number of aromatic nitrogens is 2. The first kappa shape index (κ1) is 16.6. The standard InChI is InChI=1S/C20H18N2O3/c1-24-19-17(6-2-12-21-19)18-7-3-13-22-20(18)25-16-10-8-15(9-11-16)5-4-14-23/h2-3,6-14H,4-5H2,1H3. The fourth-order valence-electron chi connectivity index (χ4n) is 2.50. The second-order valence-electron chi connectivity index (χ2n) is 5.37. The quantitative estimate of drug-likeness (QED) is 0.609. The number of carbonyl (C=O) groups excluding carboxylic acids is 1. The van der Waals surface area contributed by atoms with Crippen molar-refractivity contribution >= 4 is 6.29 Å². The molecule has 2 heterocycles. The van der Waals surface area contributed by atoms with E-state index in [1.54, 1.807) is 19.5 Å². The zero-order chi connectivity index (χ0) is 17.5. The predicted molar refractivity (Wildman–Crippen MR) is 94.9 cm³/mol. The van der Waals surface area contributed by atoms with Gasteiger partial charge in [-0.1, -0.05) is 12.1 Å². The highest BCUT2D eigenvalue weighted by atomic mass is 16.5. The summed E-state index contributed by atoms with van der Waals surface area (Å²) in [5.41, 5.74) is 2.71. The molecule has 0 bridgehead atoms. The molecule has 5 heteroatoms. The van der Waals surface area contributed by atoms with Crippen molar-refractivity contribution in [1.82, 2.24) is 9.97 Å². The lowest BCUT2D eigenvalue weighted by Crippen LogP contribution is -1.95. The minimum atomic E-state index is 0.481. The van der Waals surface area contributed by atoms with E-state index < -0.39 is 0 Å². The summed E-state index contributed by atoms with van der Waals surface area (Å²) >= 11 is 0. The third-order valence-electron chi connectivity index (χ3n) is 3.71. The van der Waals surface area contributed by atoms with Gasteiger partial charge < -0.3 is 14.3 Å². The van der Waals surface area contributed by atoms with E-state index in [1.807, 2.05) is 48.5 Å². The van der Waals surface area contributed by atoms with Crippen molar-refractivity contribution in [3.63, 3.8) is 0 Å². The number of hydrogen-bond acceptors (Lipinski definition) is 5. The molecule has 0 saturated carbocycles. The summed E-state index contributed by atoms with van der Waals surface area (Å²) in [6.07, 6.45) is 5.53. The van der Waals surface area contributed by atoms with Crippen LogP contribution in [0.15, 0.2) is 60.9 Å². The Morgan fingerprint density at radius 2 is 1.56 bits per heavy atom. The Balaban J connectivity index is 1.87. The summed E-state index contributed by atoms with van der Waals surface area (Å²) in [7, 11) is 1.58. The van der Waals surface area contributed by atoms with E-state index in [-0.39, 0.29) is 0 Å². The summed E-state index contributed by atoms with van der Waals surface area (Å²) in [6, 6.07) is 15.2. The second-order valence-corrected chi connectivity index (χ2v) is 5.37. The molecular weight excluding hydrogens is 316 g/mol. The molecule has 0 saturated heterocycles. The van der Waals surface area contributed by atoms with Crippen molar-refractivity contribution in [3.8, 4) is 28.6 Å². The summed E-state index contributed by atoms with van der Waals surface area (Å²) in [6.45, 7) is 0. The number of methoxy groups -OCH3 is 1. The van der Waals surface area contributed by atoms with Crippen molar-refractivity contribution in [2.75, 3.05) is 7.11 Å². The van der Waals surface area contributed by atoms with Crippen LogP contribution in [0.25, 0.3) is 11.1 Å². The van der Waals surface area contributed by atoms with Gasteiger partial charge >= 0.3 is 0 Å². The minimum absolute atomic E-state index is 0.481. The van der Waals surface area contributed by atoms with Gasteiger partial charge in [0, 0.05) is 29.9 Å². The van der Waals surface area contributed by atoms with Crippen molar-refractivity contribution in [1.29, 1.82) is 0 Å². The van der Waals surface area contributed by atoms with Crippen LogP contribution in [0.1, 0.15) is 12.0 Å². The van der Waals surface area contributed by atoms with Gasteiger partial charge in [0.1, 0.15) is 12.0 Å². The van der Waals surface area contributed by atoms with Gasteiger partial charge in [0.15, 0.2) is 0 Å². The number of nitrogens with zero attached hydrogens (tertiary/aromatic N) is 2. The van der Waals surface area contributed by atoms with Gasteiger partial charge in [-0.3, -0.25) is 0 Å². The Hall–Kier alpha value is -3.21. The van der Waals surface area contributed by atoms with Gasteiger partial charge in [0.05, 0.1) is 7.11 Å². The lowest BCUT2D eigenvalue weighted by molar-refractivity contribution is -0.107. The van der Waals surface area contributed by atoms with Gasteiger partial charge in [-0.15, -0.1) is 0 Å². The number of rotatable bonds is 7. The van der Waals surface area contributed by atoms with E-state index in [1.165, 1.54) is 0 Å². The van der Waals surface area contributed by atoms with E-state index in [0.717, 1.165) is 29.4 Å². The van der Waals surface area contributed by atoms with Gasteiger partial charge in [-0.05, 0) is 48.4 Å². The van der Waals surface area contributed by atoms with Crippen LogP contribution in [0.3, 0.4) is 0 Å². The molecule has 126 valence electrons. The summed E-state index contributed by atoms with van der Waals surface area (Å²) < 4.78 is 11.3. The molecule has 5 nitrogen and oxygen atoms in total. The molecule has 3 rings (SSSR count). The smallest absolute Gasteiger partial charge is 0.227 e. The molecule has 0 aliphatic rings. The predicted octanol–water partition coefficient (Wildman–Crippen LogP) is 4.08. The number of benzene rings is 1. The van der Waals surface area contributed by atoms with E-state index in [9.17, 15) is 4.79 Å². The van der Waals surface area contributed by atoms with Crippen LogP contribution in [-0.4, -0.2) is 23.4 Å². The van der Waals surface area contributed by atoms with Gasteiger partial charge in [0.25, 0.3) is 0 Å². The molecular formula is C20H18N2O3. The van der Waals surface area contributed by atoms with Crippen LogP contribution in [0.4, 0.5) is 0 Å².